The van der Waals surface area contributed by atoms with E-state index in [4.69, 9.17) is 4.74 Å². The summed E-state index contributed by atoms with van der Waals surface area (Å²) < 4.78 is 36.2. The number of ether oxygens (including phenoxy) is 1. The molecule has 1 aromatic heterocycles. The van der Waals surface area contributed by atoms with Gasteiger partial charge in [0, 0.05) is 25.2 Å². The van der Waals surface area contributed by atoms with Crippen molar-refractivity contribution < 1.29 is 28.2 Å². The van der Waals surface area contributed by atoms with Crippen molar-refractivity contribution in [3.63, 3.8) is 0 Å². The van der Waals surface area contributed by atoms with Crippen molar-refractivity contribution in [1.29, 1.82) is 0 Å². The van der Waals surface area contributed by atoms with Crippen LogP contribution in [0, 0.1) is 11.6 Å². The van der Waals surface area contributed by atoms with Crippen LogP contribution in [0.2, 0.25) is 0 Å². The van der Waals surface area contributed by atoms with Crippen LogP contribution < -0.4 is 20.9 Å². The molecule has 4 aromatic rings. The second kappa shape index (κ2) is 12.2. The Morgan fingerprint density at radius 1 is 1.10 bits per heavy atom. The summed E-state index contributed by atoms with van der Waals surface area (Å²) in [6.45, 7) is 3.75. The highest BCUT2D eigenvalue weighted by Gasteiger charge is 2.27. The van der Waals surface area contributed by atoms with E-state index in [1.54, 1.807) is 36.4 Å². The zero-order chi connectivity index (χ0) is 29.8. The lowest BCUT2D eigenvalue weighted by molar-refractivity contribution is -0.139. The molecule has 0 fully saturated rings. The number of anilines is 1. The quantitative estimate of drug-likeness (QED) is 0.259. The first-order valence-electron chi connectivity index (χ1n) is 13.0. The SMILES string of the molecule is CC[C@H](C)Nc1cc(F)c(C(=O)N[C@@H](Cc2ccc(-c3c(OC)cnn(C)c3=O)c3ccccc23)C(=O)O)c(F)c1. The summed E-state index contributed by atoms with van der Waals surface area (Å²) in [7, 11) is 2.95. The standard InChI is InChI=1S/C30H30F2N4O5/c1-5-16(2)34-18-13-22(31)27(23(32)14-18)28(37)35-24(30(39)40)12-17-10-11-21(20-9-7-6-8-19(17)20)26-25(41-4)15-33-36(3)29(26)38/h6-11,13-16,24,34H,5,12H2,1-4H3,(H,35,37)(H,39,40)/t16-,24-/m0/s1. The first-order chi connectivity index (χ1) is 19.5. The van der Waals surface area contributed by atoms with Gasteiger partial charge in [0.1, 0.15) is 23.2 Å². The van der Waals surface area contributed by atoms with Crippen LogP contribution in [0.3, 0.4) is 0 Å². The third-order valence-corrected chi connectivity index (χ3v) is 6.93. The molecule has 0 aliphatic heterocycles. The summed E-state index contributed by atoms with van der Waals surface area (Å²) >= 11 is 0. The van der Waals surface area contributed by atoms with Crippen molar-refractivity contribution in [2.24, 2.45) is 7.05 Å². The Balaban J connectivity index is 1.68. The molecule has 0 aliphatic carbocycles. The fourth-order valence-electron chi connectivity index (χ4n) is 4.59. The summed E-state index contributed by atoms with van der Waals surface area (Å²) in [6.07, 6.45) is 1.96. The number of amides is 1. The van der Waals surface area contributed by atoms with Gasteiger partial charge in [0.05, 0.1) is 18.9 Å². The average molecular weight is 565 g/mol. The van der Waals surface area contributed by atoms with Gasteiger partial charge in [0.15, 0.2) is 5.75 Å². The third-order valence-electron chi connectivity index (χ3n) is 6.93. The van der Waals surface area contributed by atoms with E-state index in [0.717, 1.165) is 12.1 Å². The molecule has 0 radical (unpaired) electrons. The average Bonchev–Trinajstić information content (AvgIpc) is 2.94. The van der Waals surface area contributed by atoms with Crippen LogP contribution in [0.5, 0.6) is 5.75 Å². The van der Waals surface area contributed by atoms with Gasteiger partial charge in [0.25, 0.3) is 11.5 Å². The Hall–Kier alpha value is -4.80. The minimum absolute atomic E-state index is 0.0475. The predicted octanol–water partition coefficient (Wildman–Crippen LogP) is 4.52. The van der Waals surface area contributed by atoms with E-state index in [0.29, 0.717) is 28.3 Å². The third kappa shape index (κ3) is 6.03. The van der Waals surface area contributed by atoms with Crippen LogP contribution in [-0.4, -0.2) is 46.0 Å². The molecule has 3 aromatic carbocycles. The molecule has 9 nitrogen and oxygen atoms in total. The van der Waals surface area contributed by atoms with Gasteiger partial charge in [-0.2, -0.15) is 5.10 Å². The fourth-order valence-corrected chi connectivity index (χ4v) is 4.59. The van der Waals surface area contributed by atoms with Gasteiger partial charge in [-0.1, -0.05) is 43.3 Å². The molecular formula is C30H30F2N4O5. The van der Waals surface area contributed by atoms with Gasteiger partial charge < -0.3 is 20.5 Å². The monoisotopic (exact) mass is 564 g/mol. The lowest BCUT2D eigenvalue weighted by atomic mass is 9.92. The Bertz CT molecular complexity index is 1660. The van der Waals surface area contributed by atoms with Gasteiger partial charge in [0.2, 0.25) is 0 Å². The summed E-state index contributed by atoms with van der Waals surface area (Å²) in [5.41, 5.74) is 0.298. The number of aryl methyl sites for hydroxylation is 1. The zero-order valence-corrected chi connectivity index (χ0v) is 23.0. The maximum absolute atomic E-state index is 14.8. The van der Waals surface area contributed by atoms with Gasteiger partial charge in [-0.15, -0.1) is 0 Å². The molecule has 0 saturated heterocycles. The first kappa shape index (κ1) is 29.2. The van der Waals surface area contributed by atoms with E-state index in [9.17, 15) is 28.3 Å². The number of nitrogens with zero attached hydrogens (tertiary/aromatic N) is 2. The second-order valence-electron chi connectivity index (χ2n) is 9.67. The van der Waals surface area contributed by atoms with E-state index in [1.807, 2.05) is 13.8 Å². The van der Waals surface area contributed by atoms with Crippen LogP contribution in [0.25, 0.3) is 21.9 Å². The summed E-state index contributed by atoms with van der Waals surface area (Å²) in [5, 5.41) is 20.4. The molecule has 0 bridgehead atoms. The van der Waals surface area contributed by atoms with Crippen molar-refractivity contribution in [3.05, 3.63) is 87.8 Å². The number of carboxylic acids is 1. The van der Waals surface area contributed by atoms with Crippen LogP contribution in [-0.2, 0) is 18.3 Å². The lowest BCUT2D eigenvalue weighted by Crippen LogP contribution is -2.43. The number of halogens is 2. The second-order valence-corrected chi connectivity index (χ2v) is 9.67. The molecule has 2 atom stereocenters. The topological polar surface area (TPSA) is 123 Å². The number of carboxylic acid groups (broad SMARTS) is 1. The van der Waals surface area contributed by atoms with E-state index >= 15 is 0 Å². The molecule has 0 unspecified atom stereocenters. The highest BCUT2D eigenvalue weighted by atomic mass is 19.1. The summed E-state index contributed by atoms with van der Waals surface area (Å²) in [6, 6.07) is 10.8. The minimum atomic E-state index is -1.50. The Morgan fingerprint density at radius 2 is 1.76 bits per heavy atom. The molecule has 1 amide bonds. The predicted molar refractivity (Wildman–Crippen MR) is 151 cm³/mol. The number of carbonyl (C=O) groups is 2. The van der Waals surface area contributed by atoms with Gasteiger partial charge in [-0.3, -0.25) is 9.59 Å². The number of aromatic nitrogens is 2. The molecule has 3 N–H and O–H groups in total. The molecule has 0 spiro atoms. The molecule has 1 heterocycles. The highest BCUT2D eigenvalue weighted by Crippen LogP contribution is 2.34. The van der Waals surface area contributed by atoms with Gasteiger partial charge in [-0.05, 0) is 47.4 Å². The zero-order valence-electron chi connectivity index (χ0n) is 23.0. The number of fused-ring (bicyclic) bond motifs is 1. The van der Waals surface area contributed by atoms with Crippen molar-refractivity contribution in [3.8, 4) is 16.9 Å². The number of hydrogen-bond acceptors (Lipinski definition) is 6. The Kier molecular flexibility index (Phi) is 8.65. The normalized spacial score (nSPS) is 12.5. The smallest absolute Gasteiger partial charge is 0.326 e. The largest absolute Gasteiger partial charge is 0.494 e. The summed E-state index contributed by atoms with van der Waals surface area (Å²) in [5.74, 6) is -4.52. The Morgan fingerprint density at radius 3 is 2.37 bits per heavy atom. The van der Waals surface area contributed by atoms with Crippen molar-refractivity contribution in [2.75, 3.05) is 12.4 Å². The van der Waals surface area contributed by atoms with Crippen LogP contribution in [0.4, 0.5) is 14.5 Å². The number of methoxy groups -OCH3 is 1. The minimum Gasteiger partial charge on any atom is -0.494 e. The number of benzene rings is 3. The highest BCUT2D eigenvalue weighted by molar-refractivity contribution is 6.00. The maximum atomic E-state index is 14.8. The van der Waals surface area contributed by atoms with Gasteiger partial charge in [-0.25, -0.2) is 18.3 Å². The Labute approximate surface area is 234 Å². The van der Waals surface area contributed by atoms with Crippen LogP contribution >= 0.6 is 0 Å². The molecule has 214 valence electrons. The van der Waals surface area contributed by atoms with Crippen molar-refractivity contribution in [1.82, 2.24) is 15.1 Å². The molecule has 11 heteroatoms. The van der Waals surface area contributed by atoms with Crippen molar-refractivity contribution in [2.45, 2.75) is 38.8 Å². The van der Waals surface area contributed by atoms with Crippen LogP contribution in [0.15, 0.2) is 59.5 Å². The van der Waals surface area contributed by atoms with Crippen molar-refractivity contribution >= 4 is 28.3 Å². The molecule has 4 rings (SSSR count). The number of rotatable bonds is 10. The van der Waals surface area contributed by atoms with Gasteiger partial charge >= 0.3 is 5.97 Å². The van der Waals surface area contributed by atoms with E-state index < -0.39 is 35.1 Å². The molecule has 0 aliphatic rings. The number of hydrogen-bond donors (Lipinski definition) is 3. The van der Waals surface area contributed by atoms with E-state index in [2.05, 4.69) is 15.7 Å². The molecule has 0 saturated carbocycles. The lowest BCUT2D eigenvalue weighted by Gasteiger charge is -2.19. The van der Waals surface area contributed by atoms with E-state index in [-0.39, 0.29) is 35.0 Å². The maximum Gasteiger partial charge on any atom is 0.326 e. The number of nitrogens with one attached hydrogen (secondary N) is 2. The van der Waals surface area contributed by atoms with E-state index in [1.165, 1.54) is 25.0 Å². The first-order valence-corrected chi connectivity index (χ1v) is 13.0. The molecular weight excluding hydrogens is 534 g/mol. The fraction of sp³-hybridized carbons (Fsp3) is 0.267. The number of aliphatic carboxylic acids is 1. The van der Waals surface area contributed by atoms with Crippen LogP contribution in [0.1, 0.15) is 36.2 Å². The number of carbonyl (C=O) groups excluding carboxylic acids is 1. The molecule has 41 heavy (non-hydrogen) atoms. The summed E-state index contributed by atoms with van der Waals surface area (Å²) in [4.78, 5) is 38.0.